The van der Waals surface area contributed by atoms with Crippen LogP contribution in [0.5, 0.6) is 0 Å². The smallest absolute Gasteiger partial charge is 0.254 e. The monoisotopic (exact) mass is 326 g/mol. The van der Waals surface area contributed by atoms with Crippen molar-refractivity contribution in [2.45, 2.75) is 36.8 Å². The zero-order valence-corrected chi connectivity index (χ0v) is 13.7. The van der Waals surface area contributed by atoms with Crippen LogP contribution < -0.4 is 0 Å². The van der Waals surface area contributed by atoms with Gasteiger partial charge in [0.05, 0.1) is 16.9 Å². The van der Waals surface area contributed by atoms with Crippen LogP contribution >= 0.6 is 11.3 Å². The van der Waals surface area contributed by atoms with Crippen LogP contribution in [0.1, 0.15) is 35.0 Å². The van der Waals surface area contributed by atoms with Gasteiger partial charge in [0.1, 0.15) is 0 Å². The quantitative estimate of drug-likeness (QED) is 0.936. The number of piperidine rings is 1. The van der Waals surface area contributed by atoms with E-state index in [9.17, 15) is 8.42 Å². The van der Waals surface area contributed by atoms with Crippen LogP contribution in [0.15, 0.2) is 16.6 Å². The summed E-state index contributed by atoms with van der Waals surface area (Å²) in [6, 6.07) is 0. The molecular formula is C13H18N4O2S2. The van der Waals surface area contributed by atoms with Gasteiger partial charge in [0.15, 0.2) is 4.21 Å². The molecule has 1 aliphatic heterocycles. The Kier molecular flexibility index (Phi) is 3.85. The van der Waals surface area contributed by atoms with Gasteiger partial charge in [-0.2, -0.15) is 9.40 Å². The average molecular weight is 326 g/mol. The van der Waals surface area contributed by atoms with Crippen molar-refractivity contribution in [3.05, 3.63) is 28.7 Å². The summed E-state index contributed by atoms with van der Waals surface area (Å²) in [5.41, 5.74) is 1.68. The van der Waals surface area contributed by atoms with Crippen LogP contribution in [0.4, 0.5) is 0 Å². The fourth-order valence-electron chi connectivity index (χ4n) is 2.79. The topological polar surface area (TPSA) is 79.0 Å². The molecule has 114 valence electrons. The minimum Gasteiger partial charge on any atom is -0.285 e. The Hall–Kier alpha value is -1.25. The summed E-state index contributed by atoms with van der Waals surface area (Å²) in [5, 5.41) is 7.54. The van der Waals surface area contributed by atoms with Gasteiger partial charge < -0.3 is 0 Å². The molecule has 3 rings (SSSR count). The molecule has 2 aromatic rings. The second kappa shape index (κ2) is 5.51. The molecule has 1 saturated heterocycles. The molecule has 1 aliphatic rings. The highest BCUT2D eigenvalue weighted by Crippen LogP contribution is 2.32. The average Bonchev–Trinajstić information content (AvgIpc) is 3.09. The standard InChI is InChI=1S/C13H18N4O2S2/c1-9-13(20-10(2)16-9)21(18,19)17-5-3-4-11(8-17)12-6-14-15-7-12/h6-7,11H,3-5,8H2,1-2H3,(H,14,15)/t11-/m0/s1. The van der Waals surface area contributed by atoms with Gasteiger partial charge in [-0.1, -0.05) is 0 Å². The van der Waals surface area contributed by atoms with Crippen molar-refractivity contribution in [2.75, 3.05) is 13.1 Å². The number of rotatable bonds is 3. The van der Waals surface area contributed by atoms with Gasteiger partial charge >= 0.3 is 0 Å². The zero-order chi connectivity index (χ0) is 15.0. The normalized spacial score (nSPS) is 20.8. The van der Waals surface area contributed by atoms with Gasteiger partial charge in [-0.15, -0.1) is 11.3 Å². The molecule has 0 unspecified atom stereocenters. The number of nitrogens with zero attached hydrogens (tertiary/aromatic N) is 3. The lowest BCUT2D eigenvalue weighted by atomic mass is 9.94. The van der Waals surface area contributed by atoms with Crippen LogP contribution in [-0.4, -0.2) is 41.0 Å². The van der Waals surface area contributed by atoms with E-state index in [4.69, 9.17) is 0 Å². The van der Waals surface area contributed by atoms with E-state index in [1.165, 1.54) is 11.3 Å². The van der Waals surface area contributed by atoms with E-state index in [-0.39, 0.29) is 5.92 Å². The Bertz CT molecular complexity index is 721. The van der Waals surface area contributed by atoms with E-state index in [1.807, 2.05) is 13.1 Å². The maximum Gasteiger partial charge on any atom is 0.254 e. The third-order valence-electron chi connectivity index (χ3n) is 3.81. The van der Waals surface area contributed by atoms with Gasteiger partial charge in [-0.05, 0) is 32.3 Å². The van der Waals surface area contributed by atoms with Crippen LogP contribution in [0.25, 0.3) is 0 Å². The molecule has 0 spiro atoms. The number of aromatic amines is 1. The highest BCUT2D eigenvalue weighted by molar-refractivity contribution is 7.91. The molecule has 1 fully saturated rings. The van der Waals surface area contributed by atoms with Crippen molar-refractivity contribution < 1.29 is 8.42 Å². The van der Waals surface area contributed by atoms with Crippen LogP contribution in [0.2, 0.25) is 0 Å². The van der Waals surface area contributed by atoms with Crippen molar-refractivity contribution in [3.8, 4) is 0 Å². The maximum atomic E-state index is 12.8. The molecule has 0 amide bonds. The number of nitrogens with one attached hydrogen (secondary N) is 1. The fraction of sp³-hybridized carbons (Fsp3) is 0.538. The van der Waals surface area contributed by atoms with E-state index in [2.05, 4.69) is 15.2 Å². The SMILES string of the molecule is Cc1nc(C)c(S(=O)(=O)N2CCC[C@H](c3cn[nH]c3)C2)s1. The summed E-state index contributed by atoms with van der Waals surface area (Å²) < 4.78 is 27.6. The third kappa shape index (κ3) is 2.75. The number of thiazole rings is 1. The zero-order valence-electron chi connectivity index (χ0n) is 12.0. The van der Waals surface area contributed by atoms with Crippen molar-refractivity contribution in [1.82, 2.24) is 19.5 Å². The largest absolute Gasteiger partial charge is 0.285 e. The van der Waals surface area contributed by atoms with Crippen molar-refractivity contribution in [1.29, 1.82) is 0 Å². The van der Waals surface area contributed by atoms with Gasteiger partial charge in [0.25, 0.3) is 10.0 Å². The molecule has 2 aromatic heterocycles. The number of H-pyrrole nitrogens is 1. The molecule has 0 bridgehead atoms. The fourth-order valence-corrected chi connectivity index (χ4v) is 5.93. The molecule has 1 atom stereocenters. The summed E-state index contributed by atoms with van der Waals surface area (Å²) in [7, 11) is -3.44. The lowest BCUT2D eigenvalue weighted by Crippen LogP contribution is -2.38. The van der Waals surface area contributed by atoms with Crippen molar-refractivity contribution in [2.24, 2.45) is 0 Å². The number of hydrogen-bond donors (Lipinski definition) is 1. The number of sulfonamides is 1. The van der Waals surface area contributed by atoms with Crippen molar-refractivity contribution >= 4 is 21.4 Å². The number of aryl methyl sites for hydroxylation is 2. The molecule has 8 heteroatoms. The predicted molar refractivity (Wildman–Crippen MR) is 80.9 cm³/mol. The summed E-state index contributed by atoms with van der Waals surface area (Å²) >= 11 is 1.25. The van der Waals surface area contributed by atoms with Gasteiger partial charge in [-0.3, -0.25) is 5.10 Å². The highest BCUT2D eigenvalue weighted by Gasteiger charge is 2.33. The van der Waals surface area contributed by atoms with E-state index in [1.54, 1.807) is 17.4 Å². The lowest BCUT2D eigenvalue weighted by Gasteiger charge is -2.31. The molecular weight excluding hydrogens is 308 g/mol. The predicted octanol–water partition coefficient (Wildman–Crippen LogP) is 2.05. The second-order valence-electron chi connectivity index (χ2n) is 5.34. The third-order valence-corrected chi connectivity index (χ3v) is 7.33. The Morgan fingerprint density at radius 3 is 2.86 bits per heavy atom. The summed E-state index contributed by atoms with van der Waals surface area (Å²) in [6.07, 6.45) is 5.49. The van der Waals surface area contributed by atoms with Crippen LogP contribution in [-0.2, 0) is 10.0 Å². The Labute approximate surface area is 128 Å². The van der Waals surface area contributed by atoms with Crippen LogP contribution in [0, 0.1) is 13.8 Å². The Balaban J connectivity index is 1.87. The van der Waals surface area contributed by atoms with Crippen LogP contribution in [0.3, 0.4) is 0 Å². The second-order valence-corrected chi connectivity index (χ2v) is 8.68. The van der Waals surface area contributed by atoms with E-state index >= 15 is 0 Å². The molecule has 0 saturated carbocycles. The minimum atomic E-state index is -3.44. The molecule has 6 nitrogen and oxygen atoms in total. The van der Waals surface area contributed by atoms with Gasteiger partial charge in [0, 0.05) is 25.2 Å². The molecule has 21 heavy (non-hydrogen) atoms. The van der Waals surface area contributed by atoms with Gasteiger partial charge in [-0.25, -0.2) is 13.4 Å². The molecule has 0 aromatic carbocycles. The summed E-state index contributed by atoms with van der Waals surface area (Å²) in [5.74, 6) is 0.210. The molecule has 0 radical (unpaired) electrons. The molecule has 0 aliphatic carbocycles. The van der Waals surface area contributed by atoms with Gasteiger partial charge in [0.2, 0.25) is 0 Å². The maximum absolute atomic E-state index is 12.8. The summed E-state index contributed by atoms with van der Waals surface area (Å²) in [4.78, 5) is 4.24. The minimum absolute atomic E-state index is 0.210. The molecule has 1 N–H and O–H groups in total. The van der Waals surface area contributed by atoms with E-state index < -0.39 is 10.0 Å². The first-order chi connectivity index (χ1) is 9.98. The molecule has 3 heterocycles. The first kappa shape index (κ1) is 14.7. The van der Waals surface area contributed by atoms with E-state index in [0.717, 1.165) is 23.4 Å². The van der Waals surface area contributed by atoms with E-state index in [0.29, 0.717) is 23.0 Å². The first-order valence-electron chi connectivity index (χ1n) is 6.91. The Morgan fingerprint density at radius 1 is 1.43 bits per heavy atom. The summed E-state index contributed by atoms with van der Waals surface area (Å²) in [6.45, 7) is 4.68. The first-order valence-corrected chi connectivity index (χ1v) is 9.17. The Morgan fingerprint density at radius 2 is 2.24 bits per heavy atom. The number of hydrogen-bond acceptors (Lipinski definition) is 5. The lowest BCUT2D eigenvalue weighted by molar-refractivity contribution is 0.316. The highest BCUT2D eigenvalue weighted by atomic mass is 32.2. The van der Waals surface area contributed by atoms with Crippen molar-refractivity contribution in [3.63, 3.8) is 0 Å². The number of aromatic nitrogens is 3.